The van der Waals surface area contributed by atoms with E-state index in [0.29, 0.717) is 16.8 Å². The van der Waals surface area contributed by atoms with Crippen molar-refractivity contribution in [3.8, 4) is 0 Å². The highest BCUT2D eigenvalue weighted by Gasteiger charge is 2.02. The van der Waals surface area contributed by atoms with Crippen molar-refractivity contribution in [2.24, 2.45) is 5.11 Å². The molecule has 13 heavy (non-hydrogen) atoms. The Morgan fingerprint density at radius 2 is 2.15 bits per heavy atom. The Labute approximate surface area is 75.2 Å². The summed E-state index contributed by atoms with van der Waals surface area (Å²) in [7, 11) is 0. The molecule has 0 fully saturated rings. The van der Waals surface area contributed by atoms with Crippen molar-refractivity contribution in [2.75, 3.05) is 5.73 Å². The second-order valence-electron chi connectivity index (χ2n) is 2.58. The largest absolute Gasteiger partial charge is 0.399 e. The summed E-state index contributed by atoms with van der Waals surface area (Å²) in [5.41, 5.74) is 13.7. The van der Waals surface area contributed by atoms with Gasteiger partial charge >= 0.3 is 0 Å². The van der Waals surface area contributed by atoms with Gasteiger partial charge in [0, 0.05) is 11.3 Å². The predicted octanol–water partition coefficient (Wildman–Crippen LogP) is 1.12. The highest BCUT2D eigenvalue weighted by molar-refractivity contribution is 5.97. The van der Waals surface area contributed by atoms with Gasteiger partial charge in [-0.2, -0.15) is 0 Å². The molecule has 0 aliphatic carbocycles. The molecular weight excluding hydrogens is 168 g/mol. The first-order chi connectivity index (χ1) is 6.17. The lowest BCUT2D eigenvalue weighted by atomic mass is 10.1. The van der Waals surface area contributed by atoms with Gasteiger partial charge in [0.05, 0.1) is 6.61 Å². The van der Waals surface area contributed by atoms with Crippen LogP contribution in [0.1, 0.15) is 11.1 Å². The zero-order valence-electron chi connectivity index (χ0n) is 6.91. The van der Waals surface area contributed by atoms with E-state index in [4.69, 9.17) is 21.8 Å². The van der Waals surface area contributed by atoms with Crippen molar-refractivity contribution >= 4 is 11.5 Å². The average molecular weight is 178 g/mol. The highest BCUT2D eigenvalue weighted by Crippen LogP contribution is 2.12. The number of amidine groups is 1. The fourth-order valence-electron chi connectivity index (χ4n) is 1.01. The van der Waals surface area contributed by atoms with E-state index in [1.54, 1.807) is 18.2 Å². The number of rotatable bonds is 2. The molecule has 0 unspecified atom stereocenters. The van der Waals surface area contributed by atoms with Gasteiger partial charge in [0.1, 0.15) is 0 Å². The topological polar surface area (TPSA) is 106 Å². The van der Waals surface area contributed by atoms with Gasteiger partial charge < -0.3 is 10.8 Å². The van der Waals surface area contributed by atoms with Gasteiger partial charge in [-0.05, 0) is 23.8 Å². The fourth-order valence-corrected chi connectivity index (χ4v) is 1.01. The van der Waals surface area contributed by atoms with Gasteiger partial charge in [0.2, 0.25) is 0 Å². The van der Waals surface area contributed by atoms with Gasteiger partial charge in [-0.15, -0.1) is 5.11 Å². The first-order valence-corrected chi connectivity index (χ1v) is 3.64. The van der Waals surface area contributed by atoms with Crippen molar-refractivity contribution in [2.45, 2.75) is 6.61 Å². The number of aliphatic hydroxyl groups excluding tert-OH is 1. The molecule has 0 amide bonds. The first kappa shape index (κ1) is 9.34. The normalized spacial score (nSPS) is 9.62. The third-order valence-corrected chi connectivity index (χ3v) is 1.58. The van der Waals surface area contributed by atoms with Crippen LogP contribution < -0.4 is 5.73 Å². The van der Waals surface area contributed by atoms with Crippen LogP contribution in [-0.2, 0) is 6.61 Å². The Morgan fingerprint density at radius 1 is 1.46 bits per heavy atom. The van der Waals surface area contributed by atoms with E-state index >= 15 is 0 Å². The van der Waals surface area contributed by atoms with Crippen molar-refractivity contribution in [3.63, 3.8) is 0 Å². The molecular formula is C8H10N4O. The van der Waals surface area contributed by atoms with Crippen molar-refractivity contribution in [3.05, 3.63) is 29.3 Å². The number of benzene rings is 1. The van der Waals surface area contributed by atoms with E-state index in [1.807, 2.05) is 0 Å². The van der Waals surface area contributed by atoms with Gasteiger partial charge in [-0.3, -0.25) is 5.41 Å². The molecule has 0 aliphatic heterocycles. The van der Waals surface area contributed by atoms with E-state index in [2.05, 4.69) is 5.11 Å². The third kappa shape index (κ3) is 2.09. The molecule has 0 aliphatic rings. The smallest absolute Gasteiger partial charge is 0.173 e. The minimum absolute atomic E-state index is 0.136. The maximum absolute atomic E-state index is 8.84. The number of nitrogens with two attached hydrogens (primary N) is 1. The number of anilines is 1. The number of hydrogen-bond acceptors (Lipinski definition) is 4. The standard InChI is InChI=1S/C8H10N4O/c9-7-2-5(4-13)1-6(3-7)8(10)12-11/h1-3,10-11,13H,4,9H2. The summed E-state index contributed by atoms with van der Waals surface area (Å²) >= 11 is 0. The number of aliphatic hydroxyl groups is 1. The lowest BCUT2D eigenvalue weighted by Crippen LogP contribution is -1.98. The minimum Gasteiger partial charge on any atom is -0.399 e. The van der Waals surface area contributed by atoms with Gasteiger partial charge in [-0.1, -0.05) is 0 Å². The van der Waals surface area contributed by atoms with Crippen molar-refractivity contribution in [1.82, 2.24) is 0 Å². The lowest BCUT2D eigenvalue weighted by Gasteiger charge is -2.02. The zero-order chi connectivity index (χ0) is 9.84. The molecule has 5 heteroatoms. The quantitative estimate of drug-likeness (QED) is 0.236. The Morgan fingerprint density at radius 3 is 2.69 bits per heavy atom. The van der Waals surface area contributed by atoms with E-state index in [9.17, 15) is 0 Å². The molecule has 0 saturated carbocycles. The number of nitrogen functional groups attached to an aromatic ring is 1. The second-order valence-corrected chi connectivity index (χ2v) is 2.58. The molecule has 1 aromatic carbocycles. The highest BCUT2D eigenvalue weighted by atomic mass is 16.3. The summed E-state index contributed by atoms with van der Waals surface area (Å²) in [5.74, 6) is -0.165. The van der Waals surface area contributed by atoms with Crippen LogP contribution in [0.3, 0.4) is 0 Å². The first-order valence-electron chi connectivity index (χ1n) is 3.64. The van der Waals surface area contributed by atoms with Crippen molar-refractivity contribution in [1.29, 1.82) is 10.9 Å². The lowest BCUT2D eigenvalue weighted by molar-refractivity contribution is 0.282. The molecule has 5 nitrogen and oxygen atoms in total. The fraction of sp³-hybridized carbons (Fsp3) is 0.125. The van der Waals surface area contributed by atoms with Crippen LogP contribution in [0.4, 0.5) is 5.69 Å². The Bertz CT molecular complexity index is 348. The maximum Gasteiger partial charge on any atom is 0.173 e. The summed E-state index contributed by atoms with van der Waals surface area (Å²) in [5, 5.41) is 19.1. The number of nitrogens with one attached hydrogen (secondary N) is 2. The van der Waals surface area contributed by atoms with E-state index in [-0.39, 0.29) is 12.4 Å². The SMILES string of the molecule is N=NC(=N)c1cc(N)cc(CO)c1. The van der Waals surface area contributed by atoms with Crippen LogP contribution in [-0.4, -0.2) is 10.9 Å². The van der Waals surface area contributed by atoms with Crippen LogP contribution in [0.2, 0.25) is 0 Å². The molecule has 0 aromatic heterocycles. The third-order valence-electron chi connectivity index (χ3n) is 1.58. The molecule has 0 atom stereocenters. The summed E-state index contributed by atoms with van der Waals surface area (Å²) in [6.07, 6.45) is 0. The number of hydrogen-bond donors (Lipinski definition) is 4. The van der Waals surface area contributed by atoms with Crippen LogP contribution in [0, 0.1) is 10.9 Å². The van der Waals surface area contributed by atoms with Crippen LogP contribution in [0.5, 0.6) is 0 Å². The Kier molecular flexibility index (Phi) is 2.71. The van der Waals surface area contributed by atoms with Gasteiger partial charge in [-0.25, -0.2) is 5.53 Å². The summed E-state index contributed by atoms with van der Waals surface area (Å²) in [4.78, 5) is 0. The molecule has 0 saturated heterocycles. The molecule has 1 rings (SSSR count). The monoisotopic (exact) mass is 178 g/mol. The minimum atomic E-state index is -0.165. The molecule has 5 N–H and O–H groups in total. The predicted molar refractivity (Wildman–Crippen MR) is 48.8 cm³/mol. The number of nitrogens with zero attached hydrogens (tertiary/aromatic N) is 1. The van der Waals surface area contributed by atoms with Crippen LogP contribution in [0.25, 0.3) is 0 Å². The van der Waals surface area contributed by atoms with E-state index < -0.39 is 0 Å². The summed E-state index contributed by atoms with van der Waals surface area (Å²) in [6, 6.07) is 4.73. The van der Waals surface area contributed by atoms with Gasteiger partial charge in [0.15, 0.2) is 5.84 Å². The summed E-state index contributed by atoms with van der Waals surface area (Å²) < 4.78 is 0. The summed E-state index contributed by atoms with van der Waals surface area (Å²) in [6.45, 7) is -0.136. The van der Waals surface area contributed by atoms with Crippen molar-refractivity contribution < 1.29 is 5.11 Å². The van der Waals surface area contributed by atoms with Crippen LogP contribution >= 0.6 is 0 Å². The molecule has 0 bridgehead atoms. The molecule has 0 radical (unpaired) electrons. The maximum atomic E-state index is 8.84. The Hall–Kier alpha value is -1.75. The second kappa shape index (κ2) is 3.77. The van der Waals surface area contributed by atoms with E-state index in [0.717, 1.165) is 0 Å². The van der Waals surface area contributed by atoms with E-state index in [1.165, 1.54) is 0 Å². The molecule has 0 spiro atoms. The Balaban J connectivity index is 3.15. The van der Waals surface area contributed by atoms with Gasteiger partial charge in [0.25, 0.3) is 0 Å². The molecule has 0 heterocycles. The average Bonchev–Trinajstić information content (AvgIpc) is 2.15. The van der Waals surface area contributed by atoms with Crippen LogP contribution in [0.15, 0.2) is 23.3 Å². The molecule has 68 valence electrons. The zero-order valence-corrected chi connectivity index (χ0v) is 6.91. The molecule has 1 aromatic rings.